The number of hydrogen-bond acceptors (Lipinski definition) is 7. The minimum Gasteiger partial charge on any atom is -0.299 e. The van der Waals surface area contributed by atoms with Gasteiger partial charge in [-0.25, -0.2) is 21.2 Å². The molecule has 1 aliphatic carbocycles. The van der Waals surface area contributed by atoms with Crippen LogP contribution in [0, 0.1) is 17.7 Å². The van der Waals surface area contributed by atoms with Crippen LogP contribution in [-0.4, -0.2) is 62.9 Å². The van der Waals surface area contributed by atoms with Gasteiger partial charge < -0.3 is 0 Å². The van der Waals surface area contributed by atoms with E-state index in [9.17, 15) is 26.0 Å². The van der Waals surface area contributed by atoms with Gasteiger partial charge in [0.2, 0.25) is 0 Å². The van der Waals surface area contributed by atoms with Crippen LogP contribution in [0.15, 0.2) is 71.8 Å². The smallest absolute Gasteiger partial charge is 0.178 e. The molecule has 1 atom stereocenters. The van der Waals surface area contributed by atoms with E-state index in [0.29, 0.717) is 56.6 Å². The molecule has 0 radical (unpaired) electrons. The number of benzene rings is 2. The van der Waals surface area contributed by atoms with E-state index in [0.717, 1.165) is 22.4 Å². The third-order valence-corrected chi connectivity index (χ3v) is 12.4. The monoisotopic (exact) mass is 626 g/mol. The van der Waals surface area contributed by atoms with Gasteiger partial charge in [-0.2, -0.15) is 0 Å². The van der Waals surface area contributed by atoms with Crippen molar-refractivity contribution in [1.29, 1.82) is 0 Å². The van der Waals surface area contributed by atoms with Crippen molar-refractivity contribution in [2.45, 2.75) is 56.4 Å². The van der Waals surface area contributed by atoms with Crippen LogP contribution in [0.1, 0.15) is 56.1 Å². The molecular weight excluding hydrogens is 588 g/mol. The summed E-state index contributed by atoms with van der Waals surface area (Å²) in [6.07, 6.45) is 5.02. The Morgan fingerprint density at radius 1 is 0.953 bits per heavy atom. The molecule has 0 amide bonds. The molecular formula is C33H39FN2O5S2. The second-order valence-corrected chi connectivity index (χ2v) is 16.5. The summed E-state index contributed by atoms with van der Waals surface area (Å²) >= 11 is 0. The van der Waals surface area contributed by atoms with Crippen molar-refractivity contribution in [1.82, 2.24) is 9.88 Å². The third kappa shape index (κ3) is 8.37. The molecule has 2 fully saturated rings. The van der Waals surface area contributed by atoms with Crippen molar-refractivity contribution < 1.29 is 26.0 Å². The molecule has 3 aromatic rings. The number of pyridine rings is 1. The highest BCUT2D eigenvalue weighted by Crippen LogP contribution is 2.34. The van der Waals surface area contributed by atoms with E-state index in [-0.39, 0.29) is 46.6 Å². The summed E-state index contributed by atoms with van der Waals surface area (Å²) in [4.78, 5) is 19.9. The van der Waals surface area contributed by atoms with Gasteiger partial charge in [-0.3, -0.25) is 14.7 Å². The summed E-state index contributed by atoms with van der Waals surface area (Å²) < 4.78 is 62.9. The van der Waals surface area contributed by atoms with E-state index in [2.05, 4.69) is 9.88 Å². The van der Waals surface area contributed by atoms with Crippen molar-refractivity contribution in [3.63, 3.8) is 0 Å². The number of halogens is 1. The van der Waals surface area contributed by atoms with Gasteiger partial charge >= 0.3 is 0 Å². The van der Waals surface area contributed by atoms with E-state index in [1.807, 2.05) is 19.1 Å². The first-order valence-corrected chi connectivity index (χ1v) is 18.4. The molecule has 1 saturated heterocycles. The summed E-state index contributed by atoms with van der Waals surface area (Å²) in [5, 5.41) is 0. The largest absolute Gasteiger partial charge is 0.299 e. The molecule has 2 heterocycles. The number of carbonyl (C=O) groups is 1. The molecule has 0 spiro atoms. The second-order valence-electron chi connectivity index (χ2n) is 12.1. The number of aromatic nitrogens is 1. The highest BCUT2D eigenvalue weighted by atomic mass is 32.2. The van der Waals surface area contributed by atoms with E-state index < -0.39 is 19.7 Å². The molecule has 7 nitrogen and oxygen atoms in total. The molecule has 0 unspecified atom stereocenters. The molecule has 5 rings (SSSR count). The Bertz CT molecular complexity index is 1600. The molecule has 1 aliphatic heterocycles. The van der Waals surface area contributed by atoms with E-state index in [1.54, 1.807) is 42.6 Å². The van der Waals surface area contributed by atoms with Gasteiger partial charge in [-0.05, 0) is 79.0 Å². The standard InChI is InChI=1S/C33H39FN2O5S2/c1-24(27-7-11-30(34)12-8-27)20-33(37)29-5-2-25(3-6-29)23-43(40,41)31-13-9-28(10-14-31)32-15-4-26(21-35-32)22-36-16-18-42(38,39)19-17-36/h4,7-15,21,24-25,29H,2-3,5-6,16-20,22-23H2,1H3/t24-,25?,29?/m0/s1. The van der Waals surface area contributed by atoms with Gasteiger partial charge in [0.25, 0.3) is 0 Å². The van der Waals surface area contributed by atoms with Gasteiger partial charge in [0.05, 0.1) is 27.8 Å². The average molecular weight is 627 g/mol. The first kappa shape index (κ1) is 31.5. The maximum Gasteiger partial charge on any atom is 0.178 e. The summed E-state index contributed by atoms with van der Waals surface area (Å²) in [7, 11) is -6.38. The fourth-order valence-electron chi connectivity index (χ4n) is 6.12. The number of sulfone groups is 2. The molecule has 0 bridgehead atoms. The highest BCUT2D eigenvalue weighted by Gasteiger charge is 2.30. The molecule has 2 aliphatic rings. The maximum atomic E-state index is 13.2. The fraction of sp³-hybridized carbons (Fsp3) is 0.455. The minimum absolute atomic E-state index is 0.0185. The Balaban J connectivity index is 1.10. The van der Waals surface area contributed by atoms with Crippen molar-refractivity contribution in [2.75, 3.05) is 30.3 Å². The zero-order valence-electron chi connectivity index (χ0n) is 24.5. The number of carbonyl (C=O) groups excluding carboxylic acids is 1. The van der Waals surface area contributed by atoms with Crippen molar-refractivity contribution in [3.8, 4) is 11.3 Å². The van der Waals surface area contributed by atoms with Crippen LogP contribution in [0.2, 0.25) is 0 Å². The molecule has 0 N–H and O–H groups in total. The normalized spacial score (nSPS) is 21.7. The number of hydrogen-bond donors (Lipinski definition) is 0. The second kappa shape index (κ2) is 13.4. The van der Waals surface area contributed by atoms with Gasteiger partial charge in [0.15, 0.2) is 19.7 Å². The number of ketones is 1. The lowest BCUT2D eigenvalue weighted by Crippen LogP contribution is -2.39. The van der Waals surface area contributed by atoms with E-state index in [1.165, 1.54) is 12.1 Å². The fourth-order valence-corrected chi connectivity index (χ4v) is 9.10. The van der Waals surface area contributed by atoms with Gasteiger partial charge in [-0.15, -0.1) is 0 Å². The molecule has 1 saturated carbocycles. The zero-order valence-corrected chi connectivity index (χ0v) is 26.1. The maximum absolute atomic E-state index is 13.2. The molecule has 2 aromatic carbocycles. The first-order chi connectivity index (χ1) is 20.5. The van der Waals surface area contributed by atoms with Crippen LogP contribution in [0.3, 0.4) is 0 Å². The number of Topliss-reactive ketones (excluding diaryl/α,β-unsaturated/α-hetero) is 1. The SMILES string of the molecule is C[C@@H](CC(=O)C1CCC(CS(=O)(=O)c2ccc(-c3ccc(CN4CCS(=O)(=O)CC4)cn3)cc2)CC1)c1ccc(F)cc1. The Hall–Kier alpha value is -2.95. The van der Waals surface area contributed by atoms with Gasteiger partial charge in [-0.1, -0.05) is 37.3 Å². The van der Waals surface area contributed by atoms with Gasteiger partial charge in [0, 0.05) is 43.7 Å². The lowest BCUT2D eigenvalue weighted by molar-refractivity contribution is -0.124. The lowest BCUT2D eigenvalue weighted by Gasteiger charge is -2.28. The number of rotatable bonds is 10. The predicted octanol–water partition coefficient (Wildman–Crippen LogP) is 5.46. The van der Waals surface area contributed by atoms with Crippen LogP contribution in [0.5, 0.6) is 0 Å². The topological polar surface area (TPSA) is 101 Å². The van der Waals surface area contributed by atoms with Crippen LogP contribution in [-0.2, 0) is 31.0 Å². The van der Waals surface area contributed by atoms with Crippen molar-refractivity contribution in [3.05, 3.63) is 83.8 Å². The average Bonchev–Trinajstić information content (AvgIpc) is 2.99. The summed E-state index contributed by atoms with van der Waals surface area (Å²) in [5.74, 6) is 0.365. The van der Waals surface area contributed by atoms with Crippen LogP contribution < -0.4 is 0 Å². The molecule has 10 heteroatoms. The zero-order chi connectivity index (χ0) is 30.6. The third-order valence-electron chi connectivity index (χ3n) is 8.88. The molecule has 43 heavy (non-hydrogen) atoms. The van der Waals surface area contributed by atoms with E-state index >= 15 is 0 Å². The van der Waals surface area contributed by atoms with Crippen molar-refractivity contribution in [2.24, 2.45) is 11.8 Å². The Kier molecular flexibility index (Phi) is 9.78. The van der Waals surface area contributed by atoms with E-state index in [4.69, 9.17) is 0 Å². The highest BCUT2D eigenvalue weighted by molar-refractivity contribution is 7.91. The summed E-state index contributed by atoms with van der Waals surface area (Å²) in [6, 6.07) is 17.0. The van der Waals surface area contributed by atoms with Crippen LogP contribution in [0.4, 0.5) is 4.39 Å². The predicted molar refractivity (Wildman–Crippen MR) is 166 cm³/mol. The molecule has 1 aromatic heterocycles. The van der Waals surface area contributed by atoms with Crippen molar-refractivity contribution >= 4 is 25.5 Å². The Morgan fingerprint density at radius 3 is 2.21 bits per heavy atom. The lowest BCUT2D eigenvalue weighted by atomic mass is 9.78. The van der Waals surface area contributed by atoms with Gasteiger partial charge in [0.1, 0.15) is 11.6 Å². The first-order valence-electron chi connectivity index (χ1n) is 15.0. The van der Waals surface area contributed by atoms with Crippen LogP contribution >= 0.6 is 0 Å². The number of nitrogens with zero attached hydrogens (tertiary/aromatic N) is 2. The summed E-state index contributed by atoms with van der Waals surface area (Å²) in [6.45, 7) is 3.68. The quantitative estimate of drug-likeness (QED) is 0.295. The van der Waals surface area contributed by atoms with Crippen LogP contribution in [0.25, 0.3) is 11.3 Å². The Labute approximate surface area is 254 Å². The Morgan fingerprint density at radius 2 is 1.60 bits per heavy atom. The minimum atomic E-state index is -3.47. The molecule has 230 valence electrons. The summed E-state index contributed by atoms with van der Waals surface area (Å²) in [5.41, 5.74) is 3.51.